The molecule has 0 aliphatic carbocycles. The van der Waals surface area contributed by atoms with Crippen LogP contribution in [0, 0.1) is 0 Å². The van der Waals surface area contributed by atoms with Gasteiger partial charge in [0.2, 0.25) is 0 Å². The van der Waals surface area contributed by atoms with Crippen LogP contribution in [0.3, 0.4) is 0 Å². The van der Waals surface area contributed by atoms with E-state index in [1.54, 1.807) is 0 Å². The Labute approximate surface area is 107 Å². The fourth-order valence-corrected chi connectivity index (χ4v) is 3.44. The zero-order chi connectivity index (χ0) is 12.7. The van der Waals surface area contributed by atoms with Gasteiger partial charge in [-0.05, 0) is 25.9 Å². The van der Waals surface area contributed by atoms with Crippen LogP contribution in [0.15, 0.2) is 0 Å². The average Bonchev–Trinajstić information content (AvgIpc) is 2.35. The summed E-state index contributed by atoms with van der Waals surface area (Å²) in [5.74, 6) is 1.62. The largest absolute Gasteiger partial charge is 0.390 e. The van der Waals surface area contributed by atoms with Crippen molar-refractivity contribution < 1.29 is 9.32 Å². The Bertz CT molecular complexity index is 225. The van der Waals surface area contributed by atoms with E-state index >= 15 is 0 Å². The fourth-order valence-electron chi connectivity index (χ4n) is 2.15. The minimum absolute atomic E-state index is 0.303. The number of hydrogen-bond donors (Lipinski definition) is 2. The standard InChI is InChI=1S/C12H26N2O2S/c1-3-14(4-2)10-12(15)9-13-11-5-7-17(16)8-6-11/h11-13,15H,3-10H2,1-2H3. The normalized spacial score (nSPS) is 27.3. The summed E-state index contributed by atoms with van der Waals surface area (Å²) < 4.78 is 11.2. The molecule has 0 aromatic carbocycles. The lowest BCUT2D eigenvalue weighted by molar-refractivity contribution is 0.113. The van der Waals surface area contributed by atoms with Gasteiger partial charge >= 0.3 is 0 Å². The summed E-state index contributed by atoms with van der Waals surface area (Å²) in [6, 6.07) is 0.444. The topological polar surface area (TPSA) is 52.6 Å². The van der Waals surface area contributed by atoms with Crippen LogP contribution >= 0.6 is 0 Å². The molecule has 1 saturated heterocycles. The Hall–Kier alpha value is 0.0300. The molecule has 0 radical (unpaired) electrons. The highest BCUT2D eigenvalue weighted by Gasteiger charge is 2.18. The van der Waals surface area contributed by atoms with Crippen LogP contribution in [0.5, 0.6) is 0 Å². The molecule has 1 aliphatic rings. The molecule has 1 unspecified atom stereocenters. The minimum atomic E-state index is -0.598. The molecule has 4 nitrogen and oxygen atoms in total. The zero-order valence-corrected chi connectivity index (χ0v) is 11.8. The van der Waals surface area contributed by atoms with Gasteiger partial charge in [0.05, 0.1) is 6.10 Å². The van der Waals surface area contributed by atoms with Gasteiger partial charge < -0.3 is 15.3 Å². The predicted molar refractivity (Wildman–Crippen MR) is 72.7 cm³/mol. The third-order valence-electron chi connectivity index (χ3n) is 3.39. The van der Waals surface area contributed by atoms with Crippen LogP contribution in [0.4, 0.5) is 0 Å². The van der Waals surface area contributed by atoms with Gasteiger partial charge in [0.25, 0.3) is 0 Å². The van der Waals surface area contributed by atoms with Gasteiger partial charge in [-0.2, -0.15) is 0 Å². The van der Waals surface area contributed by atoms with E-state index in [1.807, 2.05) is 0 Å². The molecule has 0 amide bonds. The van der Waals surface area contributed by atoms with Gasteiger partial charge in [-0.25, -0.2) is 0 Å². The highest BCUT2D eigenvalue weighted by Crippen LogP contribution is 2.08. The second-order valence-corrected chi connectivity index (χ2v) is 6.37. The molecule has 1 aliphatic heterocycles. The van der Waals surface area contributed by atoms with E-state index in [4.69, 9.17) is 0 Å². The monoisotopic (exact) mass is 262 g/mol. The molecule has 0 bridgehead atoms. The fraction of sp³-hybridized carbons (Fsp3) is 1.00. The maximum atomic E-state index is 11.2. The van der Waals surface area contributed by atoms with Gasteiger partial charge in [-0.15, -0.1) is 0 Å². The molecule has 0 spiro atoms. The van der Waals surface area contributed by atoms with Gasteiger partial charge in [-0.3, -0.25) is 4.21 Å². The van der Waals surface area contributed by atoms with Crippen LogP contribution in [0.2, 0.25) is 0 Å². The molecular formula is C12H26N2O2S. The molecule has 0 aromatic heterocycles. The number of aliphatic hydroxyl groups is 1. The first kappa shape index (κ1) is 15.1. The van der Waals surface area contributed by atoms with Crippen LogP contribution in [-0.4, -0.2) is 64.0 Å². The Morgan fingerprint density at radius 3 is 2.47 bits per heavy atom. The van der Waals surface area contributed by atoms with Crippen molar-refractivity contribution in [3.63, 3.8) is 0 Å². The van der Waals surface area contributed by atoms with E-state index in [0.29, 0.717) is 12.6 Å². The lowest BCUT2D eigenvalue weighted by Gasteiger charge is -2.26. The van der Waals surface area contributed by atoms with Crippen LogP contribution < -0.4 is 5.32 Å². The predicted octanol–water partition coefficient (Wildman–Crippen LogP) is 0.190. The highest BCUT2D eigenvalue weighted by atomic mass is 32.2. The lowest BCUT2D eigenvalue weighted by Crippen LogP contribution is -2.43. The van der Waals surface area contributed by atoms with Gasteiger partial charge in [0.1, 0.15) is 0 Å². The molecule has 1 fully saturated rings. The minimum Gasteiger partial charge on any atom is -0.390 e. The smallest absolute Gasteiger partial charge is 0.0791 e. The van der Waals surface area contributed by atoms with Crippen molar-refractivity contribution in [1.82, 2.24) is 10.2 Å². The van der Waals surface area contributed by atoms with Crippen LogP contribution in [-0.2, 0) is 10.8 Å². The first-order chi connectivity index (χ1) is 8.15. The summed E-state index contributed by atoms with van der Waals surface area (Å²) in [5.41, 5.74) is 0. The average molecular weight is 262 g/mol. The Balaban J connectivity index is 2.14. The summed E-state index contributed by atoms with van der Waals surface area (Å²) in [6.07, 6.45) is 1.65. The summed E-state index contributed by atoms with van der Waals surface area (Å²) in [7, 11) is -0.598. The summed E-state index contributed by atoms with van der Waals surface area (Å²) in [5, 5.41) is 13.3. The zero-order valence-electron chi connectivity index (χ0n) is 11.0. The van der Waals surface area contributed by atoms with E-state index < -0.39 is 10.8 Å². The third kappa shape index (κ3) is 5.95. The van der Waals surface area contributed by atoms with E-state index in [9.17, 15) is 9.32 Å². The second-order valence-electron chi connectivity index (χ2n) is 4.67. The van der Waals surface area contributed by atoms with Crippen LogP contribution in [0.1, 0.15) is 26.7 Å². The first-order valence-corrected chi connectivity index (χ1v) is 8.13. The molecule has 0 aromatic rings. The van der Waals surface area contributed by atoms with E-state index in [-0.39, 0.29) is 6.10 Å². The van der Waals surface area contributed by atoms with Crippen molar-refractivity contribution >= 4 is 10.8 Å². The molecule has 1 heterocycles. The Kier molecular flexibility index (Phi) is 7.27. The van der Waals surface area contributed by atoms with Crippen molar-refractivity contribution in [2.24, 2.45) is 0 Å². The SMILES string of the molecule is CCN(CC)CC(O)CNC1CCS(=O)CC1. The van der Waals surface area contributed by atoms with Gasteiger partial charge in [0, 0.05) is 41.4 Å². The molecule has 2 N–H and O–H groups in total. The molecule has 1 rings (SSSR count). The van der Waals surface area contributed by atoms with Crippen molar-refractivity contribution in [2.45, 2.75) is 38.8 Å². The van der Waals surface area contributed by atoms with E-state index in [2.05, 4.69) is 24.1 Å². The van der Waals surface area contributed by atoms with Gasteiger partial charge in [0.15, 0.2) is 0 Å². The molecular weight excluding hydrogens is 236 g/mol. The van der Waals surface area contributed by atoms with Crippen molar-refractivity contribution in [3.8, 4) is 0 Å². The molecule has 5 heteroatoms. The van der Waals surface area contributed by atoms with E-state index in [0.717, 1.165) is 44.0 Å². The van der Waals surface area contributed by atoms with Crippen LogP contribution in [0.25, 0.3) is 0 Å². The number of nitrogens with zero attached hydrogens (tertiary/aromatic N) is 1. The number of nitrogens with one attached hydrogen (secondary N) is 1. The molecule has 17 heavy (non-hydrogen) atoms. The number of hydrogen-bond acceptors (Lipinski definition) is 4. The van der Waals surface area contributed by atoms with Crippen molar-refractivity contribution in [1.29, 1.82) is 0 Å². The van der Waals surface area contributed by atoms with Crippen molar-refractivity contribution in [2.75, 3.05) is 37.7 Å². The Morgan fingerprint density at radius 1 is 1.35 bits per heavy atom. The maximum absolute atomic E-state index is 11.2. The number of rotatable bonds is 7. The molecule has 102 valence electrons. The van der Waals surface area contributed by atoms with E-state index in [1.165, 1.54) is 0 Å². The number of likely N-dealkylation sites (N-methyl/N-ethyl adjacent to an activating group) is 1. The molecule has 1 atom stereocenters. The molecule has 0 saturated carbocycles. The maximum Gasteiger partial charge on any atom is 0.0791 e. The lowest BCUT2D eigenvalue weighted by atomic mass is 10.1. The summed E-state index contributed by atoms with van der Waals surface area (Å²) in [4.78, 5) is 2.22. The Morgan fingerprint density at radius 2 is 1.94 bits per heavy atom. The number of aliphatic hydroxyl groups excluding tert-OH is 1. The second kappa shape index (κ2) is 8.19. The first-order valence-electron chi connectivity index (χ1n) is 6.64. The quantitative estimate of drug-likeness (QED) is 0.688. The van der Waals surface area contributed by atoms with Gasteiger partial charge in [-0.1, -0.05) is 13.8 Å². The summed E-state index contributed by atoms with van der Waals surface area (Å²) in [6.45, 7) is 7.57. The summed E-state index contributed by atoms with van der Waals surface area (Å²) >= 11 is 0. The van der Waals surface area contributed by atoms with Crippen molar-refractivity contribution in [3.05, 3.63) is 0 Å². The highest BCUT2D eigenvalue weighted by molar-refractivity contribution is 7.85. The third-order valence-corrected chi connectivity index (χ3v) is 4.78.